The maximum absolute atomic E-state index is 12.9. The molecule has 5 heteroatoms. The van der Waals surface area contributed by atoms with Crippen LogP contribution < -0.4 is 0 Å². The lowest BCUT2D eigenvalue weighted by molar-refractivity contribution is -0.0524. The number of benzene rings is 1. The quantitative estimate of drug-likeness (QED) is 0.915. The van der Waals surface area contributed by atoms with Gasteiger partial charge >= 0.3 is 6.09 Å². The van der Waals surface area contributed by atoms with E-state index in [1.54, 1.807) is 19.2 Å². The summed E-state index contributed by atoms with van der Waals surface area (Å²) >= 11 is 0. The minimum absolute atomic E-state index is 0.254. The molecule has 19 heavy (non-hydrogen) atoms. The number of hydrogen-bond donors (Lipinski definition) is 1. The first kappa shape index (κ1) is 13.8. The SMILES string of the molecule is COC1(Cc2ccc(F)cc2)CCN(C(=O)O)CC1. The second-order valence-electron chi connectivity index (χ2n) is 4.96. The number of hydrogen-bond acceptors (Lipinski definition) is 2. The Hall–Kier alpha value is -1.62. The molecule has 0 atom stereocenters. The molecule has 1 aromatic carbocycles. The van der Waals surface area contributed by atoms with Gasteiger partial charge in [-0.2, -0.15) is 0 Å². The van der Waals surface area contributed by atoms with Crippen molar-refractivity contribution in [2.75, 3.05) is 20.2 Å². The van der Waals surface area contributed by atoms with E-state index in [1.807, 2.05) is 0 Å². The van der Waals surface area contributed by atoms with Crippen LogP contribution in [0.2, 0.25) is 0 Å². The number of nitrogens with zero attached hydrogens (tertiary/aromatic N) is 1. The Morgan fingerprint density at radius 1 is 1.37 bits per heavy atom. The van der Waals surface area contributed by atoms with Gasteiger partial charge in [0.05, 0.1) is 5.60 Å². The summed E-state index contributed by atoms with van der Waals surface area (Å²) in [6.45, 7) is 0.953. The van der Waals surface area contributed by atoms with Crippen molar-refractivity contribution >= 4 is 6.09 Å². The molecular weight excluding hydrogens is 249 g/mol. The summed E-state index contributed by atoms with van der Waals surface area (Å²) in [6, 6.07) is 6.37. The Kier molecular flexibility index (Phi) is 4.04. The molecule has 0 spiro atoms. The van der Waals surface area contributed by atoms with Gasteiger partial charge in [0.2, 0.25) is 0 Å². The van der Waals surface area contributed by atoms with Crippen LogP contribution in [0.25, 0.3) is 0 Å². The number of piperidine rings is 1. The second-order valence-corrected chi connectivity index (χ2v) is 4.96. The van der Waals surface area contributed by atoms with E-state index in [-0.39, 0.29) is 11.4 Å². The van der Waals surface area contributed by atoms with Gasteiger partial charge in [0.1, 0.15) is 5.82 Å². The average Bonchev–Trinajstić information content (AvgIpc) is 2.42. The third-order valence-corrected chi connectivity index (χ3v) is 3.82. The van der Waals surface area contributed by atoms with Gasteiger partial charge in [-0.1, -0.05) is 12.1 Å². The number of methoxy groups -OCH3 is 1. The highest BCUT2D eigenvalue weighted by atomic mass is 19.1. The first-order valence-electron chi connectivity index (χ1n) is 6.32. The van der Waals surface area contributed by atoms with E-state index in [9.17, 15) is 9.18 Å². The summed E-state index contributed by atoms with van der Waals surface area (Å²) in [4.78, 5) is 12.3. The van der Waals surface area contributed by atoms with E-state index in [1.165, 1.54) is 17.0 Å². The smallest absolute Gasteiger partial charge is 0.407 e. The monoisotopic (exact) mass is 267 g/mol. The number of ether oxygens (including phenoxy) is 1. The molecule has 0 aromatic heterocycles. The predicted molar refractivity (Wildman–Crippen MR) is 68.7 cm³/mol. The van der Waals surface area contributed by atoms with Crippen LogP contribution in [0.1, 0.15) is 18.4 Å². The highest BCUT2D eigenvalue weighted by Crippen LogP contribution is 2.29. The van der Waals surface area contributed by atoms with Crippen LogP contribution in [-0.2, 0) is 11.2 Å². The van der Waals surface area contributed by atoms with E-state index in [0.29, 0.717) is 32.4 Å². The molecule has 4 nitrogen and oxygen atoms in total. The van der Waals surface area contributed by atoms with Crippen molar-refractivity contribution in [3.63, 3.8) is 0 Å². The van der Waals surface area contributed by atoms with Gasteiger partial charge in [-0.25, -0.2) is 9.18 Å². The Balaban J connectivity index is 2.04. The zero-order valence-electron chi connectivity index (χ0n) is 10.9. The molecule has 1 aliphatic heterocycles. The Labute approximate surface area is 111 Å². The van der Waals surface area contributed by atoms with Crippen LogP contribution in [0.4, 0.5) is 9.18 Å². The molecule has 104 valence electrons. The van der Waals surface area contributed by atoms with Crippen LogP contribution in [0.15, 0.2) is 24.3 Å². The Bertz CT molecular complexity index is 439. The largest absolute Gasteiger partial charge is 0.465 e. The first-order chi connectivity index (χ1) is 9.04. The normalized spacial score (nSPS) is 18.3. The molecule has 0 bridgehead atoms. The average molecular weight is 267 g/mol. The molecule has 1 saturated heterocycles. The third kappa shape index (κ3) is 3.23. The fourth-order valence-electron chi connectivity index (χ4n) is 2.53. The van der Waals surface area contributed by atoms with E-state index in [2.05, 4.69) is 0 Å². The molecule has 1 aromatic rings. The van der Waals surface area contributed by atoms with Crippen LogP contribution in [0.5, 0.6) is 0 Å². The maximum atomic E-state index is 12.9. The van der Waals surface area contributed by atoms with Crippen LogP contribution in [-0.4, -0.2) is 41.9 Å². The minimum atomic E-state index is -0.883. The van der Waals surface area contributed by atoms with Gasteiger partial charge in [-0.05, 0) is 30.5 Å². The summed E-state index contributed by atoms with van der Waals surface area (Å²) < 4.78 is 18.5. The number of likely N-dealkylation sites (tertiary alicyclic amines) is 1. The third-order valence-electron chi connectivity index (χ3n) is 3.82. The molecule has 1 amide bonds. The van der Waals surface area contributed by atoms with Gasteiger partial charge in [0, 0.05) is 26.6 Å². The molecule has 1 N–H and O–H groups in total. The van der Waals surface area contributed by atoms with Crippen molar-refractivity contribution in [2.45, 2.75) is 24.9 Å². The Morgan fingerprint density at radius 3 is 2.42 bits per heavy atom. The van der Waals surface area contributed by atoms with Crippen molar-refractivity contribution in [2.24, 2.45) is 0 Å². The zero-order chi connectivity index (χ0) is 13.9. The molecule has 1 heterocycles. The number of halogens is 1. The zero-order valence-corrected chi connectivity index (χ0v) is 10.9. The molecule has 0 saturated carbocycles. The summed E-state index contributed by atoms with van der Waals surface area (Å²) in [5, 5.41) is 8.94. The van der Waals surface area contributed by atoms with Gasteiger partial charge in [0.25, 0.3) is 0 Å². The summed E-state index contributed by atoms with van der Waals surface area (Å²) in [5.41, 5.74) is 0.663. The van der Waals surface area contributed by atoms with E-state index in [4.69, 9.17) is 9.84 Å². The van der Waals surface area contributed by atoms with Gasteiger partial charge in [-0.15, -0.1) is 0 Å². The van der Waals surface area contributed by atoms with E-state index in [0.717, 1.165) is 5.56 Å². The molecule has 0 radical (unpaired) electrons. The lowest BCUT2D eigenvalue weighted by Gasteiger charge is -2.40. The molecule has 1 aliphatic rings. The number of carbonyl (C=O) groups is 1. The van der Waals surface area contributed by atoms with Crippen molar-refractivity contribution in [3.8, 4) is 0 Å². The van der Waals surface area contributed by atoms with Gasteiger partial charge in [0.15, 0.2) is 0 Å². The number of amides is 1. The minimum Gasteiger partial charge on any atom is -0.465 e. The standard InChI is InChI=1S/C14H18FNO3/c1-19-14(6-8-16(9-7-14)13(17)18)10-11-2-4-12(15)5-3-11/h2-5H,6-10H2,1H3,(H,17,18). The summed E-state index contributed by atoms with van der Waals surface area (Å²) in [6.07, 6.45) is 1.11. The van der Waals surface area contributed by atoms with Crippen molar-refractivity contribution < 1.29 is 19.0 Å². The Morgan fingerprint density at radius 2 is 1.95 bits per heavy atom. The highest BCUT2D eigenvalue weighted by molar-refractivity contribution is 5.65. The van der Waals surface area contributed by atoms with Crippen LogP contribution in [0, 0.1) is 5.82 Å². The molecular formula is C14H18FNO3. The first-order valence-corrected chi connectivity index (χ1v) is 6.32. The lowest BCUT2D eigenvalue weighted by Crippen LogP contribution is -2.48. The van der Waals surface area contributed by atoms with Crippen LogP contribution in [0.3, 0.4) is 0 Å². The molecule has 0 unspecified atom stereocenters. The maximum Gasteiger partial charge on any atom is 0.407 e. The van der Waals surface area contributed by atoms with Gasteiger partial charge < -0.3 is 14.7 Å². The fraction of sp³-hybridized carbons (Fsp3) is 0.500. The second kappa shape index (κ2) is 5.57. The molecule has 2 rings (SSSR count). The van der Waals surface area contributed by atoms with Gasteiger partial charge in [-0.3, -0.25) is 0 Å². The lowest BCUT2D eigenvalue weighted by atomic mass is 9.85. The number of rotatable bonds is 3. The van der Waals surface area contributed by atoms with Crippen molar-refractivity contribution in [1.82, 2.24) is 4.90 Å². The predicted octanol–water partition coefficient (Wildman–Crippen LogP) is 2.53. The van der Waals surface area contributed by atoms with E-state index >= 15 is 0 Å². The van der Waals surface area contributed by atoms with E-state index < -0.39 is 6.09 Å². The topological polar surface area (TPSA) is 49.8 Å². The summed E-state index contributed by atoms with van der Waals surface area (Å²) in [5.74, 6) is -0.254. The van der Waals surface area contributed by atoms with Crippen molar-refractivity contribution in [3.05, 3.63) is 35.6 Å². The number of carboxylic acid groups (broad SMARTS) is 1. The summed E-state index contributed by atoms with van der Waals surface area (Å²) in [7, 11) is 1.65. The molecule has 0 aliphatic carbocycles. The fourth-order valence-corrected chi connectivity index (χ4v) is 2.53. The van der Waals surface area contributed by atoms with Crippen LogP contribution >= 0.6 is 0 Å². The highest BCUT2D eigenvalue weighted by Gasteiger charge is 2.36. The van der Waals surface area contributed by atoms with Crippen molar-refractivity contribution in [1.29, 1.82) is 0 Å². The molecule has 1 fully saturated rings.